The topological polar surface area (TPSA) is 29.5 Å². The first-order valence-electron chi connectivity index (χ1n) is 6.97. The Morgan fingerprint density at radius 2 is 2.14 bits per heavy atom. The van der Waals surface area contributed by atoms with E-state index in [-0.39, 0.29) is 5.75 Å². The predicted molar refractivity (Wildman–Crippen MR) is 82.4 cm³/mol. The van der Waals surface area contributed by atoms with Crippen molar-refractivity contribution in [1.82, 2.24) is 0 Å². The maximum atomic E-state index is 13.9. The summed E-state index contributed by atoms with van der Waals surface area (Å²) in [7, 11) is 0. The summed E-state index contributed by atoms with van der Waals surface area (Å²) in [5.41, 5.74) is 1.84. The average molecular weight is 304 g/mol. The molecule has 0 bridgehead atoms. The molecule has 0 fully saturated rings. The summed E-state index contributed by atoms with van der Waals surface area (Å²) in [4.78, 5) is 1.29. The molecular formula is C17H17FO2S. The second kappa shape index (κ2) is 6.08. The van der Waals surface area contributed by atoms with Crippen LogP contribution in [-0.4, -0.2) is 17.5 Å². The molecule has 1 N–H and O–H groups in total. The molecule has 110 valence electrons. The Morgan fingerprint density at radius 1 is 1.33 bits per heavy atom. The second-order valence-electron chi connectivity index (χ2n) is 5.22. The summed E-state index contributed by atoms with van der Waals surface area (Å²) < 4.78 is 19.6. The molecule has 0 saturated carbocycles. The van der Waals surface area contributed by atoms with Gasteiger partial charge in [0.2, 0.25) is 0 Å². The van der Waals surface area contributed by atoms with Gasteiger partial charge >= 0.3 is 0 Å². The molecule has 0 aromatic heterocycles. The molecule has 3 rings (SSSR count). The van der Waals surface area contributed by atoms with E-state index in [1.54, 1.807) is 19.1 Å². The number of thioether (sulfide) groups is 1. The van der Waals surface area contributed by atoms with Crippen molar-refractivity contribution in [3.63, 3.8) is 0 Å². The van der Waals surface area contributed by atoms with Gasteiger partial charge in [0.15, 0.2) is 11.6 Å². The molecule has 2 nitrogen and oxygen atoms in total. The number of aliphatic hydroxyl groups is 1. The lowest BCUT2D eigenvalue weighted by Crippen LogP contribution is -2.10. The standard InChI is InChI=1S/C17H17FO2S/c1-11(19)12-6-7-16(15(18)8-12)20-9-13-10-21-17-5-3-2-4-14(13)17/h2-8,11,13,19H,9-10H2,1H3/t11-,13?/m0/s1. The van der Waals surface area contributed by atoms with Crippen molar-refractivity contribution in [3.8, 4) is 5.75 Å². The highest BCUT2D eigenvalue weighted by atomic mass is 32.2. The lowest BCUT2D eigenvalue weighted by atomic mass is 10.0. The molecule has 1 heterocycles. The van der Waals surface area contributed by atoms with E-state index in [4.69, 9.17) is 4.74 Å². The molecule has 0 spiro atoms. The SMILES string of the molecule is C[C@H](O)c1ccc(OCC2CSc3ccccc32)c(F)c1. The molecule has 0 radical (unpaired) electrons. The Balaban J connectivity index is 1.69. The van der Waals surface area contributed by atoms with Gasteiger partial charge in [0, 0.05) is 16.6 Å². The van der Waals surface area contributed by atoms with Gasteiger partial charge in [-0.3, -0.25) is 0 Å². The molecule has 2 aromatic carbocycles. The van der Waals surface area contributed by atoms with Gasteiger partial charge in [-0.1, -0.05) is 24.3 Å². The van der Waals surface area contributed by atoms with Gasteiger partial charge in [-0.05, 0) is 36.2 Å². The Morgan fingerprint density at radius 3 is 2.90 bits per heavy atom. The Hall–Kier alpha value is -1.52. The first kappa shape index (κ1) is 14.4. The maximum absolute atomic E-state index is 13.9. The van der Waals surface area contributed by atoms with E-state index in [9.17, 15) is 9.50 Å². The van der Waals surface area contributed by atoms with Crippen LogP contribution in [0.3, 0.4) is 0 Å². The van der Waals surface area contributed by atoms with Gasteiger partial charge in [0.25, 0.3) is 0 Å². The van der Waals surface area contributed by atoms with Crippen LogP contribution in [0.1, 0.15) is 30.1 Å². The summed E-state index contributed by atoms with van der Waals surface area (Å²) in [5.74, 6) is 1.08. The van der Waals surface area contributed by atoms with Crippen LogP contribution in [0, 0.1) is 5.82 Å². The van der Waals surface area contributed by atoms with E-state index in [0.717, 1.165) is 5.75 Å². The number of halogens is 1. The van der Waals surface area contributed by atoms with E-state index in [2.05, 4.69) is 12.1 Å². The van der Waals surface area contributed by atoms with Crippen LogP contribution >= 0.6 is 11.8 Å². The fourth-order valence-corrected chi connectivity index (χ4v) is 3.68. The van der Waals surface area contributed by atoms with Crippen LogP contribution in [-0.2, 0) is 0 Å². The number of benzene rings is 2. The van der Waals surface area contributed by atoms with E-state index in [0.29, 0.717) is 18.1 Å². The van der Waals surface area contributed by atoms with Crippen molar-refractivity contribution in [2.24, 2.45) is 0 Å². The largest absolute Gasteiger partial charge is 0.490 e. The quantitative estimate of drug-likeness (QED) is 0.920. The van der Waals surface area contributed by atoms with Crippen molar-refractivity contribution in [3.05, 3.63) is 59.4 Å². The summed E-state index contributed by atoms with van der Waals surface area (Å²) in [5, 5.41) is 9.44. The number of fused-ring (bicyclic) bond motifs is 1. The fourth-order valence-electron chi connectivity index (χ4n) is 2.45. The summed E-state index contributed by atoms with van der Waals surface area (Å²) >= 11 is 1.81. The molecule has 1 aliphatic rings. The Bertz CT molecular complexity index is 642. The third-order valence-electron chi connectivity index (χ3n) is 3.68. The highest BCUT2D eigenvalue weighted by molar-refractivity contribution is 7.99. The van der Waals surface area contributed by atoms with Crippen LogP contribution in [0.4, 0.5) is 4.39 Å². The van der Waals surface area contributed by atoms with Gasteiger partial charge < -0.3 is 9.84 Å². The number of aliphatic hydroxyl groups excluding tert-OH is 1. The smallest absolute Gasteiger partial charge is 0.165 e. The van der Waals surface area contributed by atoms with Gasteiger partial charge in [-0.2, -0.15) is 0 Å². The number of hydrogen-bond acceptors (Lipinski definition) is 3. The molecule has 0 saturated heterocycles. The molecule has 2 atom stereocenters. The van der Waals surface area contributed by atoms with Crippen molar-refractivity contribution in [2.75, 3.05) is 12.4 Å². The summed E-state index contributed by atoms with van der Waals surface area (Å²) in [6.45, 7) is 2.08. The molecule has 21 heavy (non-hydrogen) atoms. The van der Waals surface area contributed by atoms with Gasteiger partial charge in [-0.15, -0.1) is 11.8 Å². The van der Waals surface area contributed by atoms with Crippen molar-refractivity contribution in [2.45, 2.75) is 23.8 Å². The van der Waals surface area contributed by atoms with Gasteiger partial charge in [-0.25, -0.2) is 4.39 Å². The fraction of sp³-hybridized carbons (Fsp3) is 0.294. The van der Waals surface area contributed by atoms with Crippen molar-refractivity contribution < 1.29 is 14.2 Å². The number of rotatable bonds is 4. The molecule has 0 aliphatic carbocycles. The number of ether oxygens (including phenoxy) is 1. The maximum Gasteiger partial charge on any atom is 0.165 e. The second-order valence-corrected chi connectivity index (χ2v) is 6.28. The normalized spacial score (nSPS) is 18.3. The average Bonchev–Trinajstić information content (AvgIpc) is 2.89. The van der Waals surface area contributed by atoms with Crippen LogP contribution in [0.15, 0.2) is 47.4 Å². The van der Waals surface area contributed by atoms with Crippen molar-refractivity contribution in [1.29, 1.82) is 0 Å². The molecule has 2 aromatic rings. The Kier molecular flexibility index (Phi) is 4.17. The van der Waals surface area contributed by atoms with E-state index in [1.807, 2.05) is 23.9 Å². The van der Waals surface area contributed by atoms with E-state index >= 15 is 0 Å². The monoisotopic (exact) mass is 304 g/mol. The first-order valence-corrected chi connectivity index (χ1v) is 7.95. The highest BCUT2D eigenvalue weighted by Crippen LogP contribution is 2.39. The van der Waals surface area contributed by atoms with Crippen LogP contribution in [0.5, 0.6) is 5.75 Å². The van der Waals surface area contributed by atoms with Crippen molar-refractivity contribution >= 4 is 11.8 Å². The lowest BCUT2D eigenvalue weighted by Gasteiger charge is -2.14. The molecular weight excluding hydrogens is 287 g/mol. The minimum absolute atomic E-state index is 0.244. The molecule has 1 aliphatic heterocycles. The van der Waals surface area contributed by atoms with Gasteiger partial charge in [0.1, 0.15) is 0 Å². The summed E-state index contributed by atoms with van der Waals surface area (Å²) in [6, 6.07) is 12.9. The molecule has 0 amide bonds. The van der Waals surface area contributed by atoms with Gasteiger partial charge in [0.05, 0.1) is 12.7 Å². The lowest BCUT2D eigenvalue weighted by molar-refractivity contribution is 0.198. The Labute approximate surface area is 128 Å². The van der Waals surface area contributed by atoms with Crippen LogP contribution in [0.2, 0.25) is 0 Å². The molecule has 4 heteroatoms. The van der Waals surface area contributed by atoms with E-state index in [1.165, 1.54) is 16.5 Å². The zero-order chi connectivity index (χ0) is 14.8. The highest BCUT2D eigenvalue weighted by Gasteiger charge is 2.23. The minimum atomic E-state index is -0.674. The predicted octanol–water partition coefficient (Wildman–Crippen LogP) is 4.15. The van der Waals surface area contributed by atoms with Crippen LogP contribution in [0.25, 0.3) is 0 Å². The number of hydrogen-bond donors (Lipinski definition) is 1. The third-order valence-corrected chi connectivity index (χ3v) is 4.93. The zero-order valence-corrected chi connectivity index (χ0v) is 12.6. The minimum Gasteiger partial charge on any atom is -0.490 e. The van der Waals surface area contributed by atoms with E-state index < -0.39 is 11.9 Å². The summed E-state index contributed by atoms with van der Waals surface area (Å²) in [6.07, 6.45) is -0.674. The molecule has 1 unspecified atom stereocenters. The first-order chi connectivity index (χ1) is 10.1. The third kappa shape index (κ3) is 3.06. The van der Waals surface area contributed by atoms with Crippen LogP contribution < -0.4 is 4.74 Å². The zero-order valence-electron chi connectivity index (χ0n) is 11.8.